The summed E-state index contributed by atoms with van der Waals surface area (Å²) in [6.07, 6.45) is 8.96. The number of hydrogen-bond acceptors (Lipinski definition) is 0. The highest BCUT2D eigenvalue weighted by molar-refractivity contribution is 6.25. The van der Waals surface area contributed by atoms with Gasteiger partial charge in [0, 0.05) is 11.5 Å². The van der Waals surface area contributed by atoms with Crippen molar-refractivity contribution in [2.24, 2.45) is 11.8 Å². The molecule has 0 aliphatic heterocycles. The second kappa shape index (κ2) is 8.89. The van der Waals surface area contributed by atoms with Gasteiger partial charge in [0.15, 0.2) is 0 Å². The highest BCUT2D eigenvalue weighted by atomic mass is 35.5. The molecule has 23 heavy (non-hydrogen) atoms. The molecular formula is C20H21ClF2. The quantitative estimate of drug-likeness (QED) is 0.468. The van der Waals surface area contributed by atoms with Crippen molar-refractivity contribution < 1.29 is 8.78 Å². The summed E-state index contributed by atoms with van der Waals surface area (Å²) >= 11 is 5.59. The number of allylic oxidation sites excluding steroid dienone is 2. The fourth-order valence-corrected chi connectivity index (χ4v) is 3.10. The van der Waals surface area contributed by atoms with Crippen molar-refractivity contribution in [1.82, 2.24) is 0 Å². The number of benzene rings is 1. The van der Waals surface area contributed by atoms with E-state index in [1.54, 1.807) is 11.6 Å². The summed E-state index contributed by atoms with van der Waals surface area (Å²) in [6, 6.07) is 2.75. The van der Waals surface area contributed by atoms with Gasteiger partial charge in [0.25, 0.3) is 0 Å². The smallest absolute Gasteiger partial charge is 0.142 e. The Morgan fingerprint density at radius 2 is 1.83 bits per heavy atom. The molecule has 1 aliphatic rings. The van der Waals surface area contributed by atoms with Gasteiger partial charge in [-0.25, -0.2) is 8.78 Å². The zero-order valence-corrected chi connectivity index (χ0v) is 13.9. The molecule has 1 aromatic rings. The number of rotatable bonds is 4. The van der Waals surface area contributed by atoms with Gasteiger partial charge in [0.2, 0.25) is 0 Å². The van der Waals surface area contributed by atoms with Gasteiger partial charge in [0.05, 0.1) is 5.56 Å². The minimum Gasteiger partial charge on any atom is -0.206 e. The van der Waals surface area contributed by atoms with Crippen molar-refractivity contribution >= 4 is 11.6 Å². The maximum Gasteiger partial charge on any atom is 0.142 e. The van der Waals surface area contributed by atoms with Crippen molar-refractivity contribution in [3.05, 3.63) is 59.2 Å². The lowest BCUT2D eigenvalue weighted by molar-refractivity contribution is 0.365. The van der Waals surface area contributed by atoms with E-state index in [0.717, 1.165) is 25.7 Å². The third kappa shape index (κ3) is 5.22. The molecule has 0 unspecified atom stereocenters. The Bertz CT molecular complexity index is 606. The van der Waals surface area contributed by atoms with Gasteiger partial charge in [0.1, 0.15) is 11.6 Å². The minimum atomic E-state index is -0.574. The maximum atomic E-state index is 14.1. The third-order valence-corrected chi connectivity index (χ3v) is 4.40. The highest BCUT2D eigenvalue weighted by Gasteiger charge is 2.18. The maximum absolute atomic E-state index is 14.1. The van der Waals surface area contributed by atoms with Crippen LogP contribution in [0.5, 0.6) is 0 Å². The van der Waals surface area contributed by atoms with Crippen LogP contribution >= 0.6 is 11.6 Å². The molecule has 0 amide bonds. The van der Waals surface area contributed by atoms with E-state index in [9.17, 15) is 8.78 Å². The first kappa shape index (κ1) is 17.8. The van der Waals surface area contributed by atoms with E-state index in [4.69, 9.17) is 11.6 Å². The molecular weight excluding hydrogens is 314 g/mol. The van der Waals surface area contributed by atoms with Crippen LogP contribution < -0.4 is 0 Å². The second-order valence-electron chi connectivity index (χ2n) is 5.96. The molecule has 122 valence electrons. The van der Waals surface area contributed by atoms with Crippen LogP contribution in [0.2, 0.25) is 0 Å². The Balaban J connectivity index is 2.05. The summed E-state index contributed by atoms with van der Waals surface area (Å²) in [4.78, 5) is 0. The van der Waals surface area contributed by atoms with Gasteiger partial charge in [-0.2, -0.15) is 0 Å². The summed E-state index contributed by atoms with van der Waals surface area (Å²) in [7, 11) is 0. The molecule has 0 aromatic heterocycles. The molecule has 2 rings (SSSR count). The van der Waals surface area contributed by atoms with Crippen molar-refractivity contribution in [1.29, 1.82) is 0 Å². The van der Waals surface area contributed by atoms with Gasteiger partial charge >= 0.3 is 0 Å². The molecule has 0 bridgehead atoms. The van der Waals surface area contributed by atoms with Crippen molar-refractivity contribution in [2.75, 3.05) is 0 Å². The molecule has 0 radical (unpaired) electrons. The van der Waals surface area contributed by atoms with Crippen LogP contribution in [0.4, 0.5) is 8.78 Å². The van der Waals surface area contributed by atoms with Gasteiger partial charge in [-0.15, -0.1) is 6.58 Å². The molecule has 3 heteroatoms. The molecule has 1 saturated carbocycles. The first-order valence-electron chi connectivity index (χ1n) is 8.01. The summed E-state index contributed by atoms with van der Waals surface area (Å²) in [5, 5.41) is 0. The van der Waals surface area contributed by atoms with E-state index in [1.165, 1.54) is 12.1 Å². The number of hydrogen-bond donors (Lipinski definition) is 0. The number of aryl methyl sites for hydroxylation is 1. The van der Waals surface area contributed by atoms with Crippen molar-refractivity contribution in [3.8, 4) is 11.8 Å². The molecule has 1 aromatic carbocycles. The molecule has 0 nitrogen and oxygen atoms in total. The zero-order chi connectivity index (χ0) is 16.7. The van der Waals surface area contributed by atoms with E-state index < -0.39 is 11.6 Å². The Labute approximate surface area is 142 Å². The summed E-state index contributed by atoms with van der Waals surface area (Å²) in [5.41, 5.74) is 2.09. The van der Waals surface area contributed by atoms with Crippen molar-refractivity contribution in [2.45, 2.75) is 38.5 Å². The SMILES string of the molecule is C=CCCc1cc(F)c(C#CC2CCC(/C=C/Cl)CC2)c(F)c1. The lowest BCUT2D eigenvalue weighted by Gasteiger charge is -2.22. The predicted octanol–water partition coefficient (Wildman–Crippen LogP) is 5.99. The fraction of sp³-hybridized carbons (Fsp3) is 0.400. The van der Waals surface area contributed by atoms with E-state index in [1.807, 2.05) is 6.08 Å². The topological polar surface area (TPSA) is 0 Å². The van der Waals surface area contributed by atoms with Gasteiger partial charge < -0.3 is 0 Å². The minimum absolute atomic E-state index is 0.116. The Kier molecular flexibility index (Phi) is 6.86. The van der Waals surface area contributed by atoms with E-state index >= 15 is 0 Å². The van der Waals surface area contributed by atoms with E-state index in [2.05, 4.69) is 18.4 Å². The summed E-state index contributed by atoms with van der Waals surface area (Å²) in [5.74, 6) is 5.32. The average molecular weight is 335 g/mol. The number of halogens is 3. The first-order chi connectivity index (χ1) is 11.1. The first-order valence-corrected chi connectivity index (χ1v) is 8.45. The van der Waals surface area contributed by atoms with Crippen LogP contribution in [-0.2, 0) is 6.42 Å². The molecule has 1 fully saturated rings. The fourth-order valence-electron chi connectivity index (χ4n) is 2.89. The molecule has 0 spiro atoms. The Morgan fingerprint density at radius 1 is 1.17 bits per heavy atom. The predicted molar refractivity (Wildman–Crippen MR) is 92.2 cm³/mol. The van der Waals surface area contributed by atoms with Crippen LogP contribution in [0.1, 0.15) is 43.2 Å². The van der Waals surface area contributed by atoms with E-state index in [-0.39, 0.29) is 11.5 Å². The zero-order valence-electron chi connectivity index (χ0n) is 13.1. The lowest BCUT2D eigenvalue weighted by Crippen LogP contribution is -2.11. The largest absolute Gasteiger partial charge is 0.206 e. The molecule has 0 N–H and O–H groups in total. The van der Waals surface area contributed by atoms with Crippen molar-refractivity contribution in [3.63, 3.8) is 0 Å². The van der Waals surface area contributed by atoms with Crippen LogP contribution in [0.25, 0.3) is 0 Å². The lowest BCUT2D eigenvalue weighted by atomic mass is 9.82. The average Bonchev–Trinajstić information content (AvgIpc) is 2.54. The normalized spacial score (nSPS) is 21.0. The van der Waals surface area contributed by atoms with E-state index in [0.29, 0.717) is 24.3 Å². The molecule has 0 heterocycles. The van der Waals surface area contributed by atoms with Crippen LogP contribution in [0.3, 0.4) is 0 Å². The highest BCUT2D eigenvalue weighted by Crippen LogP contribution is 2.29. The molecule has 0 saturated heterocycles. The van der Waals surface area contributed by atoms with Crippen LogP contribution in [0.15, 0.2) is 36.4 Å². The van der Waals surface area contributed by atoms with Gasteiger partial charge in [-0.3, -0.25) is 0 Å². The van der Waals surface area contributed by atoms with Gasteiger partial charge in [-0.05, 0) is 62.1 Å². The third-order valence-electron chi connectivity index (χ3n) is 4.26. The second-order valence-corrected chi connectivity index (χ2v) is 6.21. The standard InChI is InChI=1S/C20H21ClF2/c1-2-3-4-17-13-19(22)18(20(23)14-17)10-9-15-5-7-16(8-6-15)11-12-21/h2,11-16H,1,3-8H2/b12-11+. The Morgan fingerprint density at radius 3 is 2.39 bits per heavy atom. The molecule has 0 atom stereocenters. The van der Waals surface area contributed by atoms with Gasteiger partial charge in [-0.1, -0.05) is 35.6 Å². The Hall–Kier alpha value is -1.59. The monoisotopic (exact) mass is 334 g/mol. The summed E-state index contributed by atoms with van der Waals surface area (Å²) < 4.78 is 28.1. The van der Waals surface area contributed by atoms with Crippen LogP contribution in [0, 0.1) is 35.3 Å². The molecule has 1 aliphatic carbocycles. The van der Waals surface area contributed by atoms with Crippen LogP contribution in [-0.4, -0.2) is 0 Å². The summed E-state index contributed by atoms with van der Waals surface area (Å²) in [6.45, 7) is 3.61.